The van der Waals surface area contributed by atoms with Crippen LogP contribution in [-0.2, 0) is 46.5 Å². The van der Waals surface area contributed by atoms with Crippen LogP contribution in [-0.4, -0.2) is 76.9 Å². The molecule has 0 heterocycles. The number of rotatable bonds is 17. The van der Waals surface area contributed by atoms with Crippen LogP contribution >= 0.6 is 0 Å². The van der Waals surface area contributed by atoms with Crippen molar-refractivity contribution >= 4 is 35.5 Å². The largest absolute Gasteiger partial charge is 0.459 e. The lowest BCUT2D eigenvalue weighted by Gasteiger charge is -2.29. The second-order valence-electron chi connectivity index (χ2n) is 11.6. The minimum Gasteiger partial charge on any atom is -0.459 e. The summed E-state index contributed by atoms with van der Waals surface area (Å²) in [5.74, 6) is -5.33. The molecule has 250 valence electrons. The fourth-order valence-corrected chi connectivity index (χ4v) is 4.14. The molecule has 0 spiro atoms. The van der Waals surface area contributed by atoms with Crippen molar-refractivity contribution in [3.8, 4) is 0 Å². The van der Waals surface area contributed by atoms with Gasteiger partial charge in [-0.2, -0.15) is 0 Å². The summed E-state index contributed by atoms with van der Waals surface area (Å²) >= 11 is 0. The fraction of sp³-hybridized carbons (Fsp3) is 0.438. The maximum atomic E-state index is 13.5. The maximum absolute atomic E-state index is 13.5. The summed E-state index contributed by atoms with van der Waals surface area (Å²) in [4.78, 5) is 76.9. The van der Waals surface area contributed by atoms with E-state index in [-0.39, 0.29) is 13.0 Å². The highest BCUT2D eigenvalue weighted by atomic mass is 16.5. The third-order valence-electron chi connectivity index (χ3n) is 6.97. The van der Waals surface area contributed by atoms with E-state index in [9.17, 15) is 33.9 Å². The van der Waals surface area contributed by atoms with Crippen LogP contribution in [0.25, 0.3) is 0 Å². The fourth-order valence-electron chi connectivity index (χ4n) is 4.14. The summed E-state index contributed by atoms with van der Waals surface area (Å²) in [6.45, 7) is 5.25. The van der Waals surface area contributed by atoms with Crippen LogP contribution in [0.1, 0.15) is 45.2 Å². The van der Waals surface area contributed by atoms with Crippen LogP contribution in [0.4, 0.5) is 0 Å². The average molecular weight is 641 g/mol. The second kappa shape index (κ2) is 17.6. The number of hydrogen-bond donors (Lipinski definition) is 7. The first kappa shape index (κ1) is 37.4. The molecule has 0 aliphatic carbocycles. The number of nitrogens with two attached hydrogens (primary N) is 2. The highest BCUT2D eigenvalue weighted by molar-refractivity contribution is 5.97. The van der Waals surface area contributed by atoms with E-state index in [1.54, 1.807) is 68.4 Å². The molecule has 5 amide bonds. The van der Waals surface area contributed by atoms with E-state index in [4.69, 9.17) is 16.2 Å². The van der Waals surface area contributed by atoms with E-state index >= 15 is 0 Å². The van der Waals surface area contributed by atoms with Crippen LogP contribution in [0, 0.1) is 5.92 Å². The second-order valence-corrected chi connectivity index (χ2v) is 11.6. The van der Waals surface area contributed by atoms with Gasteiger partial charge in [-0.1, -0.05) is 74.5 Å². The third kappa shape index (κ3) is 11.9. The van der Waals surface area contributed by atoms with Gasteiger partial charge in [0.1, 0.15) is 36.3 Å². The van der Waals surface area contributed by atoms with Crippen LogP contribution < -0.4 is 32.7 Å². The summed E-state index contributed by atoms with van der Waals surface area (Å²) in [5.41, 5.74) is 10.7. The number of aliphatic hydroxyl groups is 1. The predicted molar refractivity (Wildman–Crippen MR) is 168 cm³/mol. The molecule has 2 aromatic rings. The third-order valence-corrected chi connectivity index (χ3v) is 6.97. The molecule has 0 saturated carbocycles. The van der Waals surface area contributed by atoms with Crippen molar-refractivity contribution < 1.29 is 38.6 Å². The zero-order valence-electron chi connectivity index (χ0n) is 26.4. The minimum absolute atomic E-state index is 0.0154. The van der Waals surface area contributed by atoms with Gasteiger partial charge in [0, 0.05) is 6.42 Å². The summed E-state index contributed by atoms with van der Waals surface area (Å²) in [5, 5.41) is 19.4. The van der Waals surface area contributed by atoms with Gasteiger partial charge in [-0.05, 0) is 30.9 Å². The van der Waals surface area contributed by atoms with Crippen LogP contribution in [0.15, 0.2) is 60.7 Å². The van der Waals surface area contributed by atoms with Gasteiger partial charge < -0.3 is 42.6 Å². The Balaban J connectivity index is 2.20. The summed E-state index contributed by atoms with van der Waals surface area (Å²) < 4.78 is 5.32. The number of carbonyl (C=O) groups is 6. The quantitative estimate of drug-likeness (QED) is 0.107. The highest BCUT2D eigenvalue weighted by Crippen LogP contribution is 2.09. The summed E-state index contributed by atoms with van der Waals surface area (Å²) in [6, 6.07) is 12.9. The number of hydrogen-bond acceptors (Lipinski definition) is 9. The number of esters is 1. The lowest BCUT2D eigenvalue weighted by atomic mass is 9.99. The van der Waals surface area contributed by atoms with Gasteiger partial charge in [-0.3, -0.25) is 24.0 Å². The molecule has 0 aliphatic rings. The number of nitrogens with one attached hydrogen (secondary N) is 4. The highest BCUT2D eigenvalue weighted by Gasteiger charge is 2.35. The molecule has 14 nitrogen and oxygen atoms in total. The van der Waals surface area contributed by atoms with Crippen molar-refractivity contribution in [2.45, 2.75) is 76.8 Å². The molecule has 0 bridgehead atoms. The Morgan fingerprint density at radius 3 is 1.85 bits per heavy atom. The Labute approximate surface area is 268 Å². The lowest BCUT2D eigenvalue weighted by molar-refractivity contribution is -0.148. The van der Waals surface area contributed by atoms with Gasteiger partial charge in [0.2, 0.25) is 29.5 Å². The van der Waals surface area contributed by atoms with Crippen LogP contribution in [0.5, 0.6) is 0 Å². The molecule has 2 rings (SSSR count). The molecule has 5 atom stereocenters. The van der Waals surface area contributed by atoms with Crippen LogP contribution in [0.2, 0.25) is 0 Å². The number of amides is 5. The molecular weight excluding hydrogens is 596 g/mol. The Hall–Kier alpha value is -4.82. The van der Waals surface area contributed by atoms with Crippen molar-refractivity contribution in [1.82, 2.24) is 21.3 Å². The molecule has 0 saturated heterocycles. The first-order valence-electron chi connectivity index (χ1n) is 14.8. The lowest BCUT2D eigenvalue weighted by Crippen LogP contribution is -2.62. The van der Waals surface area contributed by atoms with E-state index in [0.717, 1.165) is 5.56 Å². The zero-order chi connectivity index (χ0) is 34.4. The molecule has 46 heavy (non-hydrogen) atoms. The van der Waals surface area contributed by atoms with E-state index in [1.165, 1.54) is 13.8 Å². The van der Waals surface area contributed by atoms with Gasteiger partial charge in [-0.15, -0.1) is 0 Å². The molecule has 2 aromatic carbocycles. The minimum atomic E-state index is -1.76. The predicted octanol–water partition coefficient (Wildman–Crippen LogP) is -0.827. The van der Waals surface area contributed by atoms with Crippen molar-refractivity contribution in [3.63, 3.8) is 0 Å². The molecule has 0 aromatic heterocycles. The Kier molecular flexibility index (Phi) is 14.3. The number of benzene rings is 2. The summed E-state index contributed by atoms with van der Waals surface area (Å²) in [7, 11) is 0. The number of carbonyl (C=O) groups excluding carboxylic acids is 6. The molecule has 0 unspecified atom stereocenters. The number of ether oxygens (including phenoxy) is 1. The molecule has 9 N–H and O–H groups in total. The first-order valence-corrected chi connectivity index (χ1v) is 14.8. The molecule has 0 aliphatic heterocycles. The maximum Gasteiger partial charge on any atom is 0.328 e. The Morgan fingerprint density at radius 1 is 0.783 bits per heavy atom. The normalized spacial score (nSPS) is 14.8. The Bertz CT molecular complexity index is 1350. The number of primary amides is 1. The smallest absolute Gasteiger partial charge is 0.328 e. The first-order chi connectivity index (χ1) is 21.6. The standard InChI is InChI=1S/C32H44N6O8/c1-19(2)26(38-28(42)24(16-25(33)40)37-31(45)32(4,34)18-39)29(43)36-23(15-21-11-7-5-8-12-21)27(41)35-20(3)30(44)46-17-22-13-9-6-10-14-22/h5-14,19-20,23-24,26,39H,15-18,34H2,1-4H3,(H2,33,40)(H,35,41)(H,36,43)(H,37,45)(H,38,42)/t20-,23-,24-,26-,32-/m0/s1. The topological polar surface area (TPSA) is 232 Å². The zero-order valence-corrected chi connectivity index (χ0v) is 26.4. The van der Waals surface area contributed by atoms with E-state index in [0.29, 0.717) is 5.56 Å². The molecule has 0 fully saturated rings. The van der Waals surface area contributed by atoms with E-state index in [1.807, 2.05) is 6.07 Å². The van der Waals surface area contributed by atoms with Gasteiger partial charge in [-0.25, -0.2) is 4.79 Å². The van der Waals surface area contributed by atoms with Crippen molar-refractivity contribution in [3.05, 3.63) is 71.8 Å². The number of aliphatic hydroxyl groups excluding tert-OH is 1. The average Bonchev–Trinajstić information content (AvgIpc) is 3.01. The van der Waals surface area contributed by atoms with Gasteiger partial charge in [0.25, 0.3) is 0 Å². The van der Waals surface area contributed by atoms with Gasteiger partial charge >= 0.3 is 5.97 Å². The van der Waals surface area contributed by atoms with Crippen molar-refractivity contribution in [2.75, 3.05) is 6.61 Å². The molecular formula is C32H44N6O8. The van der Waals surface area contributed by atoms with E-state index in [2.05, 4.69) is 21.3 Å². The molecule has 14 heteroatoms. The van der Waals surface area contributed by atoms with Gasteiger partial charge in [0.15, 0.2) is 0 Å². The van der Waals surface area contributed by atoms with Crippen LogP contribution in [0.3, 0.4) is 0 Å². The SMILES string of the molecule is CC(C)[C@H](NC(=O)[C@H](CC(N)=O)NC(=O)[C@@](C)(N)CO)C(=O)N[C@@H](Cc1ccccc1)C(=O)N[C@@H](C)C(=O)OCc1ccccc1. The van der Waals surface area contributed by atoms with Crippen molar-refractivity contribution in [1.29, 1.82) is 0 Å². The van der Waals surface area contributed by atoms with Crippen molar-refractivity contribution in [2.24, 2.45) is 17.4 Å². The van der Waals surface area contributed by atoms with Gasteiger partial charge in [0.05, 0.1) is 13.0 Å². The monoisotopic (exact) mass is 640 g/mol. The Morgan fingerprint density at radius 2 is 1.33 bits per heavy atom. The molecule has 0 radical (unpaired) electrons. The summed E-state index contributed by atoms with van der Waals surface area (Å²) in [6.07, 6.45) is -0.553. The van der Waals surface area contributed by atoms with E-state index < -0.39 is 84.2 Å².